The third-order valence-electron chi connectivity index (χ3n) is 4.07. The Labute approximate surface area is 155 Å². The van der Waals surface area contributed by atoms with Gasteiger partial charge in [0, 0.05) is 5.56 Å². The molecule has 0 fully saturated rings. The second-order valence-corrected chi connectivity index (χ2v) is 6.12. The van der Waals surface area contributed by atoms with Crippen LogP contribution in [0, 0.1) is 0 Å². The summed E-state index contributed by atoms with van der Waals surface area (Å²) in [6, 6.07) is 14.0. The van der Waals surface area contributed by atoms with Gasteiger partial charge in [0.15, 0.2) is 16.7 Å². The van der Waals surface area contributed by atoms with Gasteiger partial charge in [-0.3, -0.25) is 4.79 Å². The largest absolute Gasteiger partial charge is 0.504 e. The van der Waals surface area contributed by atoms with E-state index in [0.717, 1.165) is 5.56 Å². The van der Waals surface area contributed by atoms with Gasteiger partial charge in [-0.2, -0.15) is 0 Å². The molecule has 0 amide bonds. The minimum atomic E-state index is -0.991. The zero-order valence-electron chi connectivity index (χ0n) is 13.9. The van der Waals surface area contributed by atoms with Crippen LogP contribution in [0.15, 0.2) is 48.5 Å². The van der Waals surface area contributed by atoms with E-state index in [1.165, 1.54) is 13.2 Å². The van der Waals surface area contributed by atoms with Crippen LogP contribution in [0.2, 0.25) is 5.15 Å². The Morgan fingerprint density at radius 2 is 2.00 bits per heavy atom. The van der Waals surface area contributed by atoms with Crippen LogP contribution in [0.4, 0.5) is 0 Å². The number of carbonyl (C=O) groups is 1. The summed E-state index contributed by atoms with van der Waals surface area (Å²) in [6.07, 6.45) is 0.288. The van der Waals surface area contributed by atoms with Gasteiger partial charge in [-0.25, -0.2) is 4.98 Å². The van der Waals surface area contributed by atoms with E-state index in [0.29, 0.717) is 17.1 Å². The maximum atomic E-state index is 11.8. The number of hydrogen-bond acceptors (Lipinski definition) is 4. The molecule has 0 aliphatic rings. The number of phenolic OH excluding ortho intramolecular Hbond substituents is 1. The standard InChI is InChI=1S/C19H17ClN2O4/c1-26-15-10-12(7-8-14(15)23)18-21-16(17(20)22-18)13(19(24)25)9-11-5-3-2-4-6-11/h2-8,10,13,23H,9H2,1H3,(H,21,22)(H,24,25). The number of aliphatic carboxylic acids is 1. The second kappa shape index (κ2) is 7.49. The smallest absolute Gasteiger partial charge is 0.312 e. The molecule has 0 aliphatic carbocycles. The summed E-state index contributed by atoms with van der Waals surface area (Å²) in [5.41, 5.74) is 1.85. The normalized spacial score (nSPS) is 11.9. The molecule has 2 aromatic carbocycles. The van der Waals surface area contributed by atoms with Crippen molar-refractivity contribution in [2.24, 2.45) is 0 Å². The highest BCUT2D eigenvalue weighted by Gasteiger charge is 2.26. The number of imidazole rings is 1. The Morgan fingerprint density at radius 1 is 1.27 bits per heavy atom. The van der Waals surface area contributed by atoms with Gasteiger partial charge < -0.3 is 19.9 Å². The molecule has 1 unspecified atom stereocenters. The average molecular weight is 373 g/mol. The molecule has 1 atom stereocenters. The number of phenols is 1. The Bertz CT molecular complexity index is 925. The fourth-order valence-corrected chi connectivity index (χ4v) is 2.98. The van der Waals surface area contributed by atoms with Crippen molar-refractivity contribution in [3.63, 3.8) is 0 Å². The molecule has 3 N–H and O–H groups in total. The number of aromatic amines is 1. The molecule has 0 saturated carbocycles. The molecule has 3 rings (SSSR count). The van der Waals surface area contributed by atoms with Gasteiger partial charge in [-0.05, 0) is 30.2 Å². The van der Waals surface area contributed by atoms with Crippen LogP contribution >= 0.6 is 11.6 Å². The van der Waals surface area contributed by atoms with E-state index in [1.807, 2.05) is 30.3 Å². The number of hydrogen-bond donors (Lipinski definition) is 3. The van der Waals surface area contributed by atoms with E-state index >= 15 is 0 Å². The van der Waals surface area contributed by atoms with Gasteiger partial charge in [0.05, 0.1) is 12.8 Å². The highest BCUT2D eigenvalue weighted by atomic mass is 35.5. The zero-order valence-corrected chi connectivity index (χ0v) is 14.7. The molecule has 0 radical (unpaired) electrons. The summed E-state index contributed by atoms with van der Waals surface area (Å²) in [5, 5.41) is 19.5. The molecule has 0 spiro atoms. The highest BCUT2D eigenvalue weighted by Crippen LogP contribution is 2.33. The summed E-state index contributed by atoms with van der Waals surface area (Å²) < 4.78 is 5.09. The molecule has 0 saturated heterocycles. The number of aromatic nitrogens is 2. The van der Waals surface area contributed by atoms with Crippen LogP contribution in [0.25, 0.3) is 11.4 Å². The SMILES string of the molecule is COc1cc(-c2nc(Cl)c(C(Cc3ccccc3)C(=O)O)[nH]2)ccc1O. The Balaban J connectivity index is 1.96. The lowest BCUT2D eigenvalue weighted by atomic mass is 9.97. The average Bonchev–Trinajstić information content (AvgIpc) is 3.02. The minimum absolute atomic E-state index is 0.00150. The molecule has 6 nitrogen and oxygen atoms in total. The first-order valence-corrected chi connectivity index (χ1v) is 8.27. The van der Waals surface area contributed by atoms with Crippen molar-refractivity contribution in [3.05, 3.63) is 64.9 Å². The van der Waals surface area contributed by atoms with Crippen LogP contribution < -0.4 is 4.74 Å². The van der Waals surface area contributed by atoms with Gasteiger partial charge in [-0.15, -0.1) is 0 Å². The van der Waals surface area contributed by atoms with Gasteiger partial charge >= 0.3 is 5.97 Å². The predicted molar refractivity (Wildman–Crippen MR) is 97.8 cm³/mol. The molecule has 3 aromatic rings. The number of H-pyrrole nitrogens is 1. The summed E-state index contributed by atoms with van der Waals surface area (Å²) in [7, 11) is 1.44. The second-order valence-electron chi connectivity index (χ2n) is 5.76. The summed E-state index contributed by atoms with van der Waals surface area (Å²) >= 11 is 6.22. The number of nitrogens with one attached hydrogen (secondary N) is 1. The van der Waals surface area contributed by atoms with Crippen LogP contribution in [0.3, 0.4) is 0 Å². The first-order chi connectivity index (χ1) is 12.5. The van der Waals surface area contributed by atoms with E-state index in [-0.39, 0.29) is 23.1 Å². The molecular formula is C19H17ClN2O4. The number of halogens is 1. The van der Waals surface area contributed by atoms with Gasteiger partial charge in [0.25, 0.3) is 0 Å². The maximum Gasteiger partial charge on any atom is 0.312 e. The molecule has 1 aromatic heterocycles. The fraction of sp³-hybridized carbons (Fsp3) is 0.158. The quantitative estimate of drug-likeness (QED) is 0.610. The lowest BCUT2D eigenvalue weighted by Gasteiger charge is -2.11. The number of ether oxygens (including phenoxy) is 1. The first-order valence-electron chi connectivity index (χ1n) is 7.89. The van der Waals surface area contributed by atoms with Gasteiger partial charge in [0.1, 0.15) is 11.7 Å². The third kappa shape index (κ3) is 3.65. The Kier molecular flexibility index (Phi) is 5.14. The molecule has 0 bridgehead atoms. The number of rotatable bonds is 6. The van der Waals surface area contributed by atoms with Gasteiger partial charge in [0.2, 0.25) is 0 Å². The number of benzene rings is 2. The van der Waals surface area contributed by atoms with E-state index in [9.17, 15) is 15.0 Å². The van der Waals surface area contributed by atoms with Crippen LogP contribution in [0.5, 0.6) is 11.5 Å². The zero-order chi connectivity index (χ0) is 18.7. The lowest BCUT2D eigenvalue weighted by Crippen LogP contribution is -2.15. The molecular weight excluding hydrogens is 356 g/mol. The van der Waals surface area contributed by atoms with Crippen molar-refractivity contribution in [1.29, 1.82) is 0 Å². The van der Waals surface area contributed by atoms with Crippen molar-refractivity contribution in [2.75, 3.05) is 7.11 Å². The number of aromatic hydroxyl groups is 1. The van der Waals surface area contributed by atoms with Crippen LogP contribution in [-0.4, -0.2) is 33.3 Å². The van der Waals surface area contributed by atoms with E-state index in [2.05, 4.69) is 9.97 Å². The maximum absolute atomic E-state index is 11.8. The van der Waals surface area contributed by atoms with E-state index in [1.54, 1.807) is 12.1 Å². The van der Waals surface area contributed by atoms with Crippen LogP contribution in [0.1, 0.15) is 17.2 Å². The fourth-order valence-electron chi connectivity index (χ4n) is 2.72. The summed E-state index contributed by atoms with van der Waals surface area (Å²) in [4.78, 5) is 19.0. The minimum Gasteiger partial charge on any atom is -0.504 e. The van der Waals surface area contributed by atoms with E-state index in [4.69, 9.17) is 16.3 Å². The molecule has 1 heterocycles. The van der Waals surface area contributed by atoms with Gasteiger partial charge in [-0.1, -0.05) is 41.9 Å². The monoisotopic (exact) mass is 372 g/mol. The van der Waals surface area contributed by atoms with Crippen molar-refractivity contribution in [1.82, 2.24) is 9.97 Å². The molecule has 134 valence electrons. The van der Waals surface area contributed by atoms with E-state index < -0.39 is 11.9 Å². The predicted octanol–water partition coefficient (Wildman–Crippen LogP) is 3.86. The molecule has 26 heavy (non-hydrogen) atoms. The lowest BCUT2D eigenvalue weighted by molar-refractivity contribution is -0.138. The molecule has 0 aliphatic heterocycles. The summed E-state index contributed by atoms with van der Waals surface area (Å²) in [6.45, 7) is 0. The van der Waals surface area contributed by atoms with Crippen molar-refractivity contribution in [2.45, 2.75) is 12.3 Å². The van der Waals surface area contributed by atoms with Crippen LogP contribution in [-0.2, 0) is 11.2 Å². The topological polar surface area (TPSA) is 95.4 Å². The van der Waals surface area contributed by atoms with Crippen molar-refractivity contribution < 1.29 is 19.7 Å². The number of nitrogens with zero attached hydrogens (tertiary/aromatic N) is 1. The Hall–Kier alpha value is -2.99. The number of methoxy groups -OCH3 is 1. The molecule has 7 heteroatoms. The summed E-state index contributed by atoms with van der Waals surface area (Å²) in [5.74, 6) is -1.15. The third-order valence-corrected chi connectivity index (χ3v) is 4.36. The Morgan fingerprint density at radius 3 is 2.65 bits per heavy atom. The van der Waals surface area contributed by atoms with Crippen molar-refractivity contribution >= 4 is 17.6 Å². The first kappa shape index (κ1) is 17.8. The number of carboxylic acids is 1. The number of carboxylic acid groups (broad SMARTS) is 1. The highest BCUT2D eigenvalue weighted by molar-refractivity contribution is 6.30. The van der Waals surface area contributed by atoms with Crippen molar-refractivity contribution in [3.8, 4) is 22.9 Å².